The van der Waals surface area contributed by atoms with Crippen LogP contribution in [0.3, 0.4) is 0 Å². The first kappa shape index (κ1) is 14.1. The lowest BCUT2D eigenvalue weighted by Gasteiger charge is -2.06. The molecule has 0 radical (unpaired) electrons. The molecule has 0 bridgehead atoms. The molecular weight excluding hydrogens is 282 g/mol. The average molecular weight is 297 g/mol. The van der Waals surface area contributed by atoms with Gasteiger partial charge in [-0.25, -0.2) is 9.79 Å². The predicted molar refractivity (Wildman–Crippen MR) is 80.6 cm³/mol. The van der Waals surface area contributed by atoms with Crippen LogP contribution in [0.15, 0.2) is 59.6 Å². The highest BCUT2D eigenvalue weighted by molar-refractivity contribution is 5.99. The molecule has 3 rings (SSSR count). The zero-order valence-corrected chi connectivity index (χ0v) is 11.8. The lowest BCUT2D eigenvalue weighted by Crippen LogP contribution is -2.22. The van der Waals surface area contributed by atoms with E-state index in [4.69, 9.17) is 9.47 Å². The number of nitrogens with zero attached hydrogens (tertiary/aromatic N) is 1. The first-order valence-electron chi connectivity index (χ1n) is 6.93. The molecule has 0 aliphatic carbocycles. The second kappa shape index (κ2) is 6.30. The first-order chi connectivity index (χ1) is 10.7. The molecule has 22 heavy (non-hydrogen) atoms. The Bertz CT molecular complexity index is 697. The highest BCUT2D eigenvalue weighted by atomic mass is 16.5. The number of hydrogen-bond acceptors (Lipinski definition) is 5. The van der Waals surface area contributed by atoms with Crippen LogP contribution in [0.5, 0.6) is 5.75 Å². The molecule has 5 nitrogen and oxygen atoms in total. The van der Waals surface area contributed by atoms with E-state index < -0.39 is 12.0 Å². The number of esters is 1. The van der Waals surface area contributed by atoms with Crippen LogP contribution in [0.25, 0.3) is 0 Å². The summed E-state index contributed by atoms with van der Waals surface area (Å²) in [7, 11) is 0. The fraction of sp³-hybridized carbons (Fsp3) is 0.176. The fourth-order valence-electron chi connectivity index (χ4n) is 2.12. The van der Waals surface area contributed by atoms with Gasteiger partial charge in [-0.2, -0.15) is 0 Å². The van der Waals surface area contributed by atoms with Gasteiger partial charge in [-0.15, -0.1) is 0 Å². The molecule has 1 aliphatic rings. The number of aromatic hydroxyl groups is 1. The smallest absolute Gasteiger partial charge is 0.334 e. The Morgan fingerprint density at radius 3 is 2.68 bits per heavy atom. The first-order valence-corrected chi connectivity index (χ1v) is 6.93. The molecule has 0 fully saturated rings. The van der Waals surface area contributed by atoms with Crippen LogP contribution in [0.1, 0.15) is 11.1 Å². The van der Waals surface area contributed by atoms with Crippen LogP contribution in [0, 0.1) is 0 Å². The molecule has 1 aliphatic heterocycles. The summed E-state index contributed by atoms with van der Waals surface area (Å²) in [5.74, 6) is -0.103. The van der Waals surface area contributed by atoms with Gasteiger partial charge in [0.05, 0.1) is 5.56 Å². The quantitative estimate of drug-likeness (QED) is 0.879. The van der Waals surface area contributed by atoms with Gasteiger partial charge >= 0.3 is 5.97 Å². The number of carbonyl (C=O) groups excluding carboxylic acids is 1. The van der Waals surface area contributed by atoms with Crippen LogP contribution in [0.4, 0.5) is 0 Å². The number of phenolic OH excluding ortho intramolecular Hbond substituents is 1. The molecule has 0 saturated carbocycles. The second-order valence-electron chi connectivity index (χ2n) is 4.87. The van der Waals surface area contributed by atoms with Gasteiger partial charge in [0.2, 0.25) is 5.90 Å². The van der Waals surface area contributed by atoms with Crippen molar-refractivity contribution in [3.8, 4) is 5.75 Å². The number of aliphatic imine (C=N–C) groups is 1. The number of rotatable bonds is 4. The molecule has 1 N–H and O–H groups in total. The molecule has 1 heterocycles. The SMILES string of the molecule is O=C(OCc1ccccc1)[C@H]1COC(c2ccccc2O)=N1. The van der Waals surface area contributed by atoms with E-state index in [0.717, 1.165) is 5.56 Å². The van der Waals surface area contributed by atoms with Gasteiger partial charge in [0, 0.05) is 0 Å². The lowest BCUT2D eigenvalue weighted by atomic mass is 10.2. The van der Waals surface area contributed by atoms with Crippen molar-refractivity contribution in [1.29, 1.82) is 0 Å². The highest BCUT2D eigenvalue weighted by Gasteiger charge is 2.28. The molecule has 0 unspecified atom stereocenters. The van der Waals surface area contributed by atoms with Gasteiger partial charge < -0.3 is 14.6 Å². The van der Waals surface area contributed by atoms with Crippen LogP contribution in [0.2, 0.25) is 0 Å². The van der Waals surface area contributed by atoms with Crippen molar-refractivity contribution < 1.29 is 19.4 Å². The molecule has 2 aromatic carbocycles. The zero-order chi connectivity index (χ0) is 15.4. The van der Waals surface area contributed by atoms with E-state index in [0.29, 0.717) is 5.56 Å². The minimum absolute atomic E-state index is 0.0690. The topological polar surface area (TPSA) is 68.1 Å². The van der Waals surface area contributed by atoms with Crippen molar-refractivity contribution >= 4 is 11.9 Å². The minimum atomic E-state index is -0.696. The Hall–Kier alpha value is -2.82. The number of hydrogen-bond donors (Lipinski definition) is 1. The molecule has 112 valence electrons. The summed E-state index contributed by atoms with van der Waals surface area (Å²) >= 11 is 0. The maximum atomic E-state index is 12.0. The van der Waals surface area contributed by atoms with Crippen LogP contribution in [-0.4, -0.2) is 29.6 Å². The largest absolute Gasteiger partial charge is 0.507 e. The average Bonchev–Trinajstić information content (AvgIpc) is 3.04. The number of para-hydroxylation sites is 1. The van der Waals surface area contributed by atoms with E-state index in [1.807, 2.05) is 30.3 Å². The Labute approximate surface area is 127 Å². The number of phenols is 1. The predicted octanol–water partition coefficient (Wildman–Crippen LogP) is 2.28. The summed E-state index contributed by atoms with van der Waals surface area (Å²) in [6, 6.07) is 15.4. The van der Waals surface area contributed by atoms with Gasteiger partial charge in [0.15, 0.2) is 6.04 Å². The van der Waals surface area contributed by atoms with Gasteiger partial charge in [-0.05, 0) is 17.7 Å². The maximum absolute atomic E-state index is 12.0. The number of carbonyl (C=O) groups is 1. The van der Waals surface area contributed by atoms with Crippen molar-refractivity contribution in [2.45, 2.75) is 12.6 Å². The van der Waals surface area contributed by atoms with E-state index in [-0.39, 0.29) is 24.9 Å². The second-order valence-corrected chi connectivity index (χ2v) is 4.87. The zero-order valence-electron chi connectivity index (χ0n) is 11.8. The van der Waals surface area contributed by atoms with Crippen molar-refractivity contribution in [3.05, 3.63) is 65.7 Å². The lowest BCUT2D eigenvalue weighted by molar-refractivity contribution is -0.146. The molecule has 0 amide bonds. The standard InChI is InChI=1S/C17H15NO4/c19-15-9-5-4-8-13(15)16-18-14(11-21-16)17(20)22-10-12-6-2-1-3-7-12/h1-9,14,19H,10-11H2/t14-/m1/s1. The summed E-state index contributed by atoms with van der Waals surface area (Å²) in [5.41, 5.74) is 1.39. The highest BCUT2D eigenvalue weighted by Crippen LogP contribution is 2.21. The monoisotopic (exact) mass is 297 g/mol. The third-order valence-corrected chi connectivity index (χ3v) is 3.28. The summed E-state index contributed by atoms with van der Waals surface area (Å²) in [5, 5.41) is 9.77. The van der Waals surface area contributed by atoms with E-state index in [1.54, 1.807) is 24.3 Å². The van der Waals surface area contributed by atoms with Crippen LogP contribution >= 0.6 is 0 Å². The van der Waals surface area contributed by atoms with Gasteiger partial charge in [0.25, 0.3) is 0 Å². The van der Waals surface area contributed by atoms with Crippen LogP contribution in [-0.2, 0) is 20.9 Å². The van der Waals surface area contributed by atoms with Gasteiger partial charge in [0.1, 0.15) is 19.0 Å². The molecule has 2 aromatic rings. The Kier molecular flexibility index (Phi) is 4.05. The van der Waals surface area contributed by atoms with Crippen molar-refractivity contribution in [2.75, 3.05) is 6.61 Å². The molecule has 1 atom stereocenters. The third kappa shape index (κ3) is 3.09. The molecule has 0 aromatic heterocycles. The maximum Gasteiger partial charge on any atom is 0.334 e. The Morgan fingerprint density at radius 1 is 1.18 bits per heavy atom. The summed E-state index contributed by atoms with van der Waals surface area (Å²) in [6.07, 6.45) is 0. The van der Waals surface area contributed by atoms with Gasteiger partial charge in [-0.1, -0.05) is 42.5 Å². The Morgan fingerprint density at radius 2 is 1.91 bits per heavy atom. The minimum Gasteiger partial charge on any atom is -0.507 e. The van der Waals surface area contributed by atoms with Gasteiger partial charge in [-0.3, -0.25) is 0 Å². The van der Waals surface area contributed by atoms with Crippen molar-refractivity contribution in [2.24, 2.45) is 4.99 Å². The van der Waals surface area contributed by atoms with Crippen molar-refractivity contribution in [1.82, 2.24) is 0 Å². The summed E-state index contributed by atoms with van der Waals surface area (Å²) in [6.45, 7) is 0.328. The Balaban J connectivity index is 1.64. The number of ether oxygens (including phenoxy) is 2. The van der Waals surface area contributed by atoms with E-state index >= 15 is 0 Å². The molecular formula is C17H15NO4. The molecule has 5 heteroatoms. The third-order valence-electron chi connectivity index (χ3n) is 3.28. The molecule has 0 spiro atoms. The fourth-order valence-corrected chi connectivity index (χ4v) is 2.12. The number of benzene rings is 2. The summed E-state index contributed by atoms with van der Waals surface area (Å²) < 4.78 is 10.6. The van der Waals surface area contributed by atoms with Crippen LogP contribution < -0.4 is 0 Å². The molecule has 0 saturated heterocycles. The van der Waals surface area contributed by atoms with Crippen molar-refractivity contribution in [3.63, 3.8) is 0 Å². The van der Waals surface area contributed by atoms with E-state index in [9.17, 15) is 9.90 Å². The van der Waals surface area contributed by atoms with E-state index in [2.05, 4.69) is 4.99 Å². The van der Waals surface area contributed by atoms with E-state index in [1.165, 1.54) is 0 Å². The summed E-state index contributed by atoms with van der Waals surface area (Å²) in [4.78, 5) is 16.2. The normalized spacial score (nSPS) is 16.7.